The van der Waals surface area contributed by atoms with E-state index in [1.54, 1.807) is 0 Å². The lowest BCUT2D eigenvalue weighted by Gasteiger charge is -2.28. The van der Waals surface area contributed by atoms with E-state index in [-0.39, 0.29) is 23.5 Å². The maximum absolute atomic E-state index is 13.1. The fourth-order valence-corrected chi connectivity index (χ4v) is 2.39. The molecule has 0 saturated carbocycles. The average Bonchev–Trinajstić information content (AvgIpc) is 2.60. The van der Waals surface area contributed by atoms with Crippen LogP contribution in [0.15, 0.2) is 48.5 Å². The molecule has 2 rings (SSSR count). The van der Waals surface area contributed by atoms with Gasteiger partial charge in [0.05, 0.1) is 6.54 Å². The second-order valence-electron chi connectivity index (χ2n) is 6.07. The second-order valence-corrected chi connectivity index (χ2v) is 6.07. The molecule has 0 saturated heterocycles. The van der Waals surface area contributed by atoms with Crippen LogP contribution in [0.1, 0.15) is 5.56 Å². The van der Waals surface area contributed by atoms with Crippen LogP contribution in [-0.4, -0.2) is 41.6 Å². The first-order chi connectivity index (χ1) is 13.4. The highest BCUT2D eigenvalue weighted by Crippen LogP contribution is 2.30. The third kappa shape index (κ3) is 6.41. The van der Waals surface area contributed by atoms with Crippen molar-refractivity contribution in [2.75, 3.05) is 11.4 Å². The topological polar surface area (TPSA) is 52.9 Å². The highest BCUT2D eigenvalue weighted by Gasteiger charge is 2.44. The number of phenols is 1. The van der Waals surface area contributed by atoms with Gasteiger partial charge in [-0.25, -0.2) is 0 Å². The molecule has 0 aliphatic heterocycles. The standard InChI is InChI=1S/C18H16F7NO3/c19-16(20)18(24,25)29-14-6-1-3-11(7-14)9-26(10-15(28)17(21,22)23)12-4-2-5-13(27)8-12/h1-8,15-16,27-28H,9-10H2. The summed E-state index contributed by atoms with van der Waals surface area (Å²) in [7, 11) is 0. The molecule has 4 nitrogen and oxygen atoms in total. The van der Waals surface area contributed by atoms with Crippen molar-refractivity contribution in [3.05, 3.63) is 54.1 Å². The fourth-order valence-electron chi connectivity index (χ4n) is 2.39. The molecule has 0 bridgehead atoms. The van der Waals surface area contributed by atoms with Crippen LogP contribution >= 0.6 is 0 Å². The smallest absolute Gasteiger partial charge is 0.461 e. The molecular formula is C18H16F7NO3. The number of halogens is 7. The third-order valence-electron chi connectivity index (χ3n) is 3.75. The molecule has 0 fully saturated rings. The molecule has 160 valence electrons. The predicted molar refractivity (Wildman–Crippen MR) is 89.2 cm³/mol. The first-order valence-electron chi connectivity index (χ1n) is 8.11. The van der Waals surface area contributed by atoms with E-state index in [0.717, 1.165) is 23.1 Å². The summed E-state index contributed by atoms with van der Waals surface area (Å²) in [5.41, 5.74) is 0.253. The number of phenolic OH excluding ortho intramolecular Hbond substituents is 1. The van der Waals surface area contributed by atoms with Crippen molar-refractivity contribution in [1.29, 1.82) is 0 Å². The number of alkyl halides is 7. The zero-order valence-corrected chi connectivity index (χ0v) is 14.6. The summed E-state index contributed by atoms with van der Waals surface area (Å²) >= 11 is 0. The number of nitrogens with zero attached hydrogens (tertiary/aromatic N) is 1. The van der Waals surface area contributed by atoms with E-state index in [4.69, 9.17) is 0 Å². The minimum Gasteiger partial charge on any atom is -0.508 e. The van der Waals surface area contributed by atoms with Gasteiger partial charge in [0, 0.05) is 18.3 Å². The van der Waals surface area contributed by atoms with Crippen LogP contribution in [0.5, 0.6) is 11.5 Å². The van der Waals surface area contributed by atoms with Gasteiger partial charge in [-0.05, 0) is 29.8 Å². The molecule has 1 atom stereocenters. The number of hydrogen-bond donors (Lipinski definition) is 2. The Morgan fingerprint density at radius 3 is 2.21 bits per heavy atom. The number of aliphatic hydroxyl groups excluding tert-OH is 1. The van der Waals surface area contributed by atoms with Crippen LogP contribution in [-0.2, 0) is 6.54 Å². The number of ether oxygens (including phenoxy) is 1. The Balaban J connectivity index is 2.28. The van der Waals surface area contributed by atoms with Gasteiger partial charge in [0.15, 0.2) is 6.10 Å². The first-order valence-corrected chi connectivity index (χ1v) is 8.11. The van der Waals surface area contributed by atoms with Crippen molar-refractivity contribution in [3.8, 4) is 11.5 Å². The third-order valence-corrected chi connectivity index (χ3v) is 3.75. The van der Waals surface area contributed by atoms with E-state index in [1.807, 2.05) is 0 Å². The first kappa shape index (κ1) is 22.6. The van der Waals surface area contributed by atoms with Crippen LogP contribution in [0.25, 0.3) is 0 Å². The largest absolute Gasteiger partial charge is 0.508 e. The highest BCUT2D eigenvalue weighted by molar-refractivity contribution is 5.51. The molecule has 0 aliphatic rings. The van der Waals surface area contributed by atoms with Crippen molar-refractivity contribution in [1.82, 2.24) is 0 Å². The molecule has 1 unspecified atom stereocenters. The van der Waals surface area contributed by atoms with Gasteiger partial charge in [-0.2, -0.15) is 30.7 Å². The van der Waals surface area contributed by atoms with Crippen LogP contribution in [0, 0.1) is 0 Å². The molecule has 2 aromatic carbocycles. The number of aromatic hydroxyl groups is 1. The van der Waals surface area contributed by atoms with Crippen molar-refractivity contribution in [2.45, 2.75) is 31.4 Å². The van der Waals surface area contributed by atoms with Crippen molar-refractivity contribution < 1.29 is 45.7 Å². The maximum Gasteiger partial charge on any atom is 0.461 e. The number of rotatable bonds is 8. The van der Waals surface area contributed by atoms with E-state index in [1.165, 1.54) is 30.3 Å². The Labute approximate surface area is 160 Å². The Hall–Kier alpha value is -2.69. The number of anilines is 1. The van der Waals surface area contributed by atoms with E-state index in [2.05, 4.69) is 4.74 Å². The Morgan fingerprint density at radius 1 is 0.966 bits per heavy atom. The lowest BCUT2D eigenvalue weighted by molar-refractivity contribution is -0.253. The predicted octanol–water partition coefficient (Wildman–Crippen LogP) is 4.56. The maximum atomic E-state index is 13.1. The molecule has 0 aliphatic carbocycles. The van der Waals surface area contributed by atoms with Crippen molar-refractivity contribution in [3.63, 3.8) is 0 Å². The summed E-state index contributed by atoms with van der Waals surface area (Å²) in [6.07, 6.45) is -16.5. The Morgan fingerprint density at radius 2 is 1.62 bits per heavy atom. The highest BCUT2D eigenvalue weighted by atomic mass is 19.4. The molecule has 2 N–H and O–H groups in total. The summed E-state index contributed by atoms with van der Waals surface area (Å²) < 4.78 is 93.0. The average molecular weight is 427 g/mol. The van der Waals surface area contributed by atoms with Crippen LogP contribution in [0.4, 0.5) is 36.4 Å². The molecule has 0 aromatic heterocycles. The molecule has 2 aromatic rings. The minimum atomic E-state index is -4.92. The fraction of sp³-hybridized carbons (Fsp3) is 0.333. The van der Waals surface area contributed by atoms with E-state index < -0.39 is 37.1 Å². The molecule has 11 heteroatoms. The zero-order valence-electron chi connectivity index (χ0n) is 14.6. The van der Waals surface area contributed by atoms with Gasteiger partial charge >= 0.3 is 18.7 Å². The van der Waals surface area contributed by atoms with Crippen molar-refractivity contribution in [2.24, 2.45) is 0 Å². The lowest BCUT2D eigenvalue weighted by atomic mass is 10.1. The lowest BCUT2D eigenvalue weighted by Crippen LogP contribution is -2.40. The monoisotopic (exact) mass is 427 g/mol. The van der Waals surface area contributed by atoms with Crippen LogP contribution in [0.2, 0.25) is 0 Å². The van der Waals surface area contributed by atoms with Crippen molar-refractivity contribution >= 4 is 5.69 Å². The SMILES string of the molecule is Oc1cccc(N(Cc2cccc(OC(F)(F)C(F)F)c2)CC(O)C(F)(F)F)c1. The summed E-state index contributed by atoms with van der Waals surface area (Å²) in [6, 6.07) is 9.66. The van der Waals surface area contributed by atoms with E-state index in [9.17, 15) is 40.9 Å². The van der Waals surface area contributed by atoms with Crippen LogP contribution in [0.3, 0.4) is 0 Å². The second kappa shape index (κ2) is 8.76. The van der Waals surface area contributed by atoms with Gasteiger partial charge in [-0.1, -0.05) is 18.2 Å². The van der Waals surface area contributed by atoms with Gasteiger partial charge < -0.3 is 19.8 Å². The normalized spacial score (nSPS) is 13.4. The van der Waals surface area contributed by atoms with Crippen LogP contribution < -0.4 is 9.64 Å². The van der Waals surface area contributed by atoms with Gasteiger partial charge in [0.1, 0.15) is 11.5 Å². The van der Waals surface area contributed by atoms with E-state index in [0.29, 0.717) is 0 Å². The quantitative estimate of drug-likeness (QED) is 0.607. The number of aliphatic hydroxyl groups is 1. The van der Waals surface area contributed by atoms with Gasteiger partial charge in [0.25, 0.3) is 0 Å². The van der Waals surface area contributed by atoms with Gasteiger partial charge in [-0.3, -0.25) is 0 Å². The summed E-state index contributed by atoms with van der Waals surface area (Å²) in [4.78, 5) is 1.04. The minimum absolute atomic E-state index is 0.109. The zero-order chi connectivity index (χ0) is 21.8. The summed E-state index contributed by atoms with van der Waals surface area (Å²) in [6.45, 7) is -1.25. The number of hydrogen-bond acceptors (Lipinski definition) is 4. The molecule has 29 heavy (non-hydrogen) atoms. The Bertz CT molecular complexity index is 814. The molecule has 0 spiro atoms. The van der Waals surface area contributed by atoms with E-state index >= 15 is 0 Å². The van der Waals surface area contributed by atoms with Gasteiger partial charge in [0.2, 0.25) is 0 Å². The number of benzene rings is 2. The summed E-state index contributed by atoms with van der Waals surface area (Å²) in [5.74, 6) is -0.859. The molecule has 0 heterocycles. The summed E-state index contributed by atoms with van der Waals surface area (Å²) in [5, 5.41) is 19.0. The Kier molecular flexibility index (Phi) is 6.83. The molecule has 0 radical (unpaired) electrons. The molecular weight excluding hydrogens is 411 g/mol. The molecule has 0 amide bonds. The van der Waals surface area contributed by atoms with Gasteiger partial charge in [-0.15, -0.1) is 0 Å².